The van der Waals surface area contributed by atoms with Crippen molar-refractivity contribution in [2.24, 2.45) is 0 Å². The van der Waals surface area contributed by atoms with E-state index in [0.717, 1.165) is 22.4 Å². The molecule has 136 valence electrons. The maximum Gasteiger partial charge on any atom is 0.255 e. The van der Waals surface area contributed by atoms with Gasteiger partial charge in [0.2, 0.25) is 0 Å². The molecular weight excluding hydrogens is 338 g/mol. The number of nitrogens with one attached hydrogen (secondary N) is 2. The van der Waals surface area contributed by atoms with Crippen LogP contribution in [0.1, 0.15) is 37.4 Å². The number of aryl methyl sites for hydroxylation is 2. The lowest BCUT2D eigenvalue weighted by atomic mass is 10.1. The molecule has 0 radical (unpaired) electrons. The van der Waals surface area contributed by atoms with Crippen molar-refractivity contribution in [2.75, 3.05) is 5.32 Å². The minimum atomic E-state index is -0.243. The predicted octanol–water partition coefficient (Wildman–Crippen LogP) is 3.88. The third-order valence-electron chi connectivity index (χ3n) is 4.23. The second kappa shape index (κ2) is 8.27. The van der Waals surface area contributed by atoms with Crippen LogP contribution in [0, 0.1) is 13.8 Å². The van der Waals surface area contributed by atoms with Gasteiger partial charge in [-0.05, 0) is 66.9 Å². The Morgan fingerprint density at radius 2 is 1.59 bits per heavy atom. The van der Waals surface area contributed by atoms with Crippen LogP contribution in [0.3, 0.4) is 0 Å². The van der Waals surface area contributed by atoms with Crippen LogP contribution in [0.5, 0.6) is 0 Å². The first kappa shape index (κ1) is 18.3. The van der Waals surface area contributed by atoms with Crippen molar-refractivity contribution in [2.45, 2.75) is 20.4 Å². The van der Waals surface area contributed by atoms with Gasteiger partial charge in [0.15, 0.2) is 0 Å². The van der Waals surface area contributed by atoms with E-state index < -0.39 is 0 Å². The number of anilines is 1. The van der Waals surface area contributed by atoms with Gasteiger partial charge in [-0.15, -0.1) is 0 Å². The molecule has 2 N–H and O–H groups in total. The fourth-order valence-electron chi connectivity index (χ4n) is 2.65. The Labute approximate surface area is 158 Å². The van der Waals surface area contributed by atoms with Gasteiger partial charge in [0.25, 0.3) is 11.8 Å². The number of amides is 2. The van der Waals surface area contributed by atoms with Crippen molar-refractivity contribution in [3.63, 3.8) is 0 Å². The lowest BCUT2D eigenvalue weighted by Gasteiger charge is -2.10. The van der Waals surface area contributed by atoms with Crippen LogP contribution >= 0.6 is 0 Å². The van der Waals surface area contributed by atoms with Crippen LogP contribution in [0.2, 0.25) is 0 Å². The van der Waals surface area contributed by atoms with Gasteiger partial charge >= 0.3 is 0 Å². The molecule has 0 bridgehead atoms. The van der Waals surface area contributed by atoms with Gasteiger partial charge in [-0.1, -0.05) is 18.2 Å². The molecule has 0 saturated heterocycles. The molecule has 5 heteroatoms. The molecule has 3 rings (SSSR count). The number of rotatable bonds is 5. The maximum atomic E-state index is 12.6. The van der Waals surface area contributed by atoms with Crippen LogP contribution in [0.4, 0.5) is 5.69 Å². The lowest BCUT2D eigenvalue weighted by molar-refractivity contribution is 0.0951. The molecule has 5 nitrogen and oxygen atoms in total. The van der Waals surface area contributed by atoms with Gasteiger partial charge in [-0.3, -0.25) is 14.6 Å². The topological polar surface area (TPSA) is 71.1 Å². The molecule has 0 aliphatic rings. The molecule has 1 aromatic heterocycles. The molecule has 2 amide bonds. The van der Waals surface area contributed by atoms with Crippen LogP contribution in [0.15, 0.2) is 67.0 Å². The number of nitrogens with zero attached hydrogens (tertiary/aromatic N) is 1. The van der Waals surface area contributed by atoms with E-state index in [2.05, 4.69) is 15.6 Å². The monoisotopic (exact) mass is 359 g/mol. The number of benzene rings is 2. The van der Waals surface area contributed by atoms with E-state index in [1.54, 1.807) is 36.7 Å². The predicted molar refractivity (Wildman–Crippen MR) is 106 cm³/mol. The second-order valence-electron chi connectivity index (χ2n) is 6.39. The van der Waals surface area contributed by atoms with Crippen molar-refractivity contribution < 1.29 is 9.59 Å². The van der Waals surface area contributed by atoms with Crippen molar-refractivity contribution in [1.29, 1.82) is 0 Å². The highest BCUT2D eigenvalue weighted by Gasteiger charge is 2.12. The zero-order valence-electron chi connectivity index (χ0n) is 15.3. The Morgan fingerprint density at radius 1 is 0.889 bits per heavy atom. The first-order valence-corrected chi connectivity index (χ1v) is 8.69. The van der Waals surface area contributed by atoms with Gasteiger partial charge in [-0.2, -0.15) is 0 Å². The third-order valence-corrected chi connectivity index (χ3v) is 4.23. The number of carbonyl (C=O) groups excluding carboxylic acids is 2. The van der Waals surface area contributed by atoms with Gasteiger partial charge in [0.1, 0.15) is 0 Å². The Kier molecular flexibility index (Phi) is 5.61. The van der Waals surface area contributed by atoms with Crippen LogP contribution in [0.25, 0.3) is 0 Å². The first-order chi connectivity index (χ1) is 13.0. The fraction of sp³-hybridized carbons (Fsp3) is 0.136. The van der Waals surface area contributed by atoms with E-state index >= 15 is 0 Å². The normalized spacial score (nSPS) is 10.3. The first-order valence-electron chi connectivity index (χ1n) is 8.69. The van der Waals surface area contributed by atoms with Gasteiger partial charge in [-0.25, -0.2) is 0 Å². The summed E-state index contributed by atoms with van der Waals surface area (Å²) in [5.74, 6) is -0.472. The fourth-order valence-corrected chi connectivity index (χ4v) is 2.65. The molecule has 0 unspecified atom stereocenters. The summed E-state index contributed by atoms with van der Waals surface area (Å²) < 4.78 is 0. The van der Waals surface area contributed by atoms with Gasteiger partial charge < -0.3 is 10.6 Å². The van der Waals surface area contributed by atoms with Crippen LogP contribution < -0.4 is 10.6 Å². The van der Waals surface area contributed by atoms with E-state index in [1.165, 1.54) is 0 Å². The van der Waals surface area contributed by atoms with E-state index in [0.29, 0.717) is 17.7 Å². The van der Waals surface area contributed by atoms with E-state index in [4.69, 9.17) is 0 Å². The zero-order chi connectivity index (χ0) is 19.2. The molecule has 0 aliphatic carbocycles. The van der Waals surface area contributed by atoms with E-state index in [1.807, 2.05) is 44.2 Å². The summed E-state index contributed by atoms with van der Waals surface area (Å²) in [7, 11) is 0. The Morgan fingerprint density at radius 3 is 2.33 bits per heavy atom. The number of aromatic nitrogens is 1. The van der Waals surface area contributed by atoms with Crippen molar-refractivity contribution in [1.82, 2.24) is 10.3 Å². The highest BCUT2D eigenvalue weighted by molar-refractivity contribution is 6.06. The Hall–Kier alpha value is -3.47. The molecule has 3 aromatic rings. The highest BCUT2D eigenvalue weighted by Crippen LogP contribution is 2.18. The molecule has 0 atom stereocenters. The summed E-state index contributed by atoms with van der Waals surface area (Å²) in [6, 6.07) is 16.3. The van der Waals surface area contributed by atoms with Crippen molar-refractivity contribution in [3.05, 3.63) is 94.8 Å². The SMILES string of the molecule is Cc1ccc(C)c(NC(=O)c2cccc(C(=O)NCc3ccncc3)c2)c1. The minimum Gasteiger partial charge on any atom is -0.348 e. The average Bonchev–Trinajstić information content (AvgIpc) is 2.69. The van der Waals surface area contributed by atoms with Crippen LogP contribution in [-0.4, -0.2) is 16.8 Å². The molecule has 1 heterocycles. The Balaban J connectivity index is 1.69. The standard InChI is InChI=1S/C22H21N3O2/c1-15-6-7-16(2)20(12-15)25-22(27)19-5-3-4-18(13-19)21(26)24-14-17-8-10-23-11-9-17/h3-13H,14H2,1-2H3,(H,24,26)(H,25,27). The molecule has 0 aliphatic heterocycles. The Bertz CT molecular complexity index is 968. The smallest absolute Gasteiger partial charge is 0.255 e. The van der Waals surface area contributed by atoms with Crippen LogP contribution in [-0.2, 0) is 6.54 Å². The third kappa shape index (κ3) is 4.79. The summed E-state index contributed by atoms with van der Waals surface area (Å²) in [4.78, 5) is 28.9. The highest BCUT2D eigenvalue weighted by atomic mass is 16.2. The van der Waals surface area contributed by atoms with Gasteiger partial charge in [0.05, 0.1) is 0 Å². The molecule has 0 spiro atoms. The second-order valence-corrected chi connectivity index (χ2v) is 6.39. The average molecular weight is 359 g/mol. The molecule has 2 aromatic carbocycles. The van der Waals surface area contributed by atoms with E-state index in [9.17, 15) is 9.59 Å². The molecule has 27 heavy (non-hydrogen) atoms. The summed E-state index contributed by atoms with van der Waals surface area (Å²) >= 11 is 0. The van der Waals surface area contributed by atoms with Crippen molar-refractivity contribution >= 4 is 17.5 Å². The maximum absolute atomic E-state index is 12.6. The summed E-state index contributed by atoms with van der Waals surface area (Å²) in [5.41, 5.74) is 4.67. The number of carbonyl (C=O) groups is 2. The zero-order valence-corrected chi connectivity index (χ0v) is 15.3. The van der Waals surface area contributed by atoms with Gasteiger partial charge in [0, 0.05) is 35.8 Å². The lowest BCUT2D eigenvalue weighted by Crippen LogP contribution is -2.23. The number of hydrogen-bond donors (Lipinski definition) is 2. The summed E-state index contributed by atoms with van der Waals surface area (Å²) in [6.45, 7) is 4.32. The van der Waals surface area contributed by atoms with E-state index in [-0.39, 0.29) is 11.8 Å². The largest absolute Gasteiger partial charge is 0.348 e. The minimum absolute atomic E-state index is 0.229. The summed E-state index contributed by atoms with van der Waals surface area (Å²) in [6.07, 6.45) is 3.36. The number of pyridine rings is 1. The van der Waals surface area contributed by atoms with Crippen molar-refractivity contribution in [3.8, 4) is 0 Å². The quantitative estimate of drug-likeness (QED) is 0.726. The molecule has 0 fully saturated rings. The number of hydrogen-bond acceptors (Lipinski definition) is 3. The summed E-state index contributed by atoms with van der Waals surface area (Å²) in [5, 5.41) is 5.76. The molecule has 0 saturated carbocycles. The molecular formula is C22H21N3O2.